The van der Waals surface area contributed by atoms with E-state index >= 15 is 0 Å². The Morgan fingerprint density at radius 3 is 2.58 bits per heavy atom. The van der Waals surface area contributed by atoms with Gasteiger partial charge in [0.15, 0.2) is 0 Å². The highest BCUT2D eigenvalue weighted by Crippen LogP contribution is 2.33. The van der Waals surface area contributed by atoms with Crippen molar-refractivity contribution in [1.82, 2.24) is 9.55 Å². The van der Waals surface area contributed by atoms with E-state index in [-0.39, 0.29) is 5.54 Å². The van der Waals surface area contributed by atoms with E-state index in [1.165, 1.54) is 17.3 Å². The number of hydrogen-bond donors (Lipinski definition) is 1. The molecular formula is C14H23N3O2. The predicted molar refractivity (Wildman–Crippen MR) is 72.8 cm³/mol. The van der Waals surface area contributed by atoms with Gasteiger partial charge in [-0.25, -0.2) is 14.3 Å². The summed E-state index contributed by atoms with van der Waals surface area (Å²) in [6.07, 6.45) is 8.12. The van der Waals surface area contributed by atoms with Gasteiger partial charge in [0.25, 0.3) is 0 Å². The van der Waals surface area contributed by atoms with Gasteiger partial charge < -0.3 is 10.5 Å². The van der Waals surface area contributed by atoms with Crippen molar-refractivity contribution in [3.63, 3.8) is 0 Å². The van der Waals surface area contributed by atoms with Crippen LogP contribution in [0.15, 0.2) is 12.5 Å². The first-order valence-electron chi connectivity index (χ1n) is 6.87. The van der Waals surface area contributed by atoms with Crippen molar-refractivity contribution >= 4 is 6.09 Å². The van der Waals surface area contributed by atoms with Gasteiger partial charge in [-0.1, -0.05) is 19.3 Å². The van der Waals surface area contributed by atoms with Crippen molar-refractivity contribution < 1.29 is 9.53 Å². The fraction of sp³-hybridized carbons (Fsp3) is 0.714. The molecule has 0 aromatic carbocycles. The summed E-state index contributed by atoms with van der Waals surface area (Å²) in [4.78, 5) is 16.2. The van der Waals surface area contributed by atoms with Gasteiger partial charge in [0, 0.05) is 6.20 Å². The third-order valence-corrected chi connectivity index (χ3v) is 3.44. The number of aromatic nitrogens is 2. The van der Waals surface area contributed by atoms with Crippen molar-refractivity contribution in [2.24, 2.45) is 5.73 Å². The van der Waals surface area contributed by atoms with Crippen LogP contribution in [0.4, 0.5) is 4.79 Å². The molecule has 0 radical (unpaired) electrons. The van der Waals surface area contributed by atoms with Gasteiger partial charge >= 0.3 is 6.09 Å². The van der Waals surface area contributed by atoms with Crippen LogP contribution in [-0.2, 0) is 10.3 Å². The Morgan fingerprint density at radius 1 is 1.37 bits per heavy atom. The minimum absolute atomic E-state index is 0.383. The van der Waals surface area contributed by atoms with Crippen LogP contribution in [0.5, 0.6) is 0 Å². The lowest BCUT2D eigenvalue weighted by Gasteiger charge is -2.31. The summed E-state index contributed by atoms with van der Waals surface area (Å²) in [7, 11) is 0. The van der Waals surface area contributed by atoms with Gasteiger partial charge in [0.2, 0.25) is 0 Å². The largest absolute Gasteiger partial charge is 0.443 e. The number of imidazole rings is 1. The zero-order valence-electron chi connectivity index (χ0n) is 12.0. The van der Waals surface area contributed by atoms with Crippen LogP contribution < -0.4 is 5.73 Å². The third kappa shape index (κ3) is 3.35. The molecule has 19 heavy (non-hydrogen) atoms. The molecule has 5 heteroatoms. The second-order valence-corrected chi connectivity index (χ2v) is 6.36. The Bertz CT molecular complexity index is 454. The fourth-order valence-corrected chi connectivity index (χ4v) is 2.43. The number of nitrogens with two attached hydrogens (primary N) is 1. The molecule has 106 valence electrons. The zero-order chi connectivity index (χ0) is 14.1. The molecule has 1 aromatic rings. The Morgan fingerprint density at radius 2 is 2.00 bits per heavy atom. The number of ether oxygens (including phenoxy) is 1. The quantitative estimate of drug-likeness (QED) is 0.847. The maximum atomic E-state index is 11.9. The minimum Gasteiger partial charge on any atom is -0.443 e. The van der Waals surface area contributed by atoms with Crippen molar-refractivity contribution in [1.29, 1.82) is 0 Å². The molecule has 0 spiro atoms. The van der Waals surface area contributed by atoms with Crippen LogP contribution in [0.1, 0.15) is 58.6 Å². The molecule has 0 atom stereocenters. The standard InChI is InChI=1S/C14H23N3O2/c1-13(2,3)19-12(18)17-9-11(16-10-17)14(15)7-5-4-6-8-14/h9-10H,4-8,15H2,1-3H3. The van der Waals surface area contributed by atoms with E-state index in [1.54, 1.807) is 6.20 Å². The van der Waals surface area contributed by atoms with Crippen molar-refractivity contribution in [3.05, 3.63) is 18.2 Å². The summed E-state index contributed by atoms with van der Waals surface area (Å²) in [6, 6.07) is 0. The highest BCUT2D eigenvalue weighted by atomic mass is 16.6. The fourth-order valence-electron chi connectivity index (χ4n) is 2.43. The van der Waals surface area contributed by atoms with Gasteiger partial charge in [-0.15, -0.1) is 0 Å². The monoisotopic (exact) mass is 265 g/mol. The first-order chi connectivity index (χ1) is 8.80. The number of rotatable bonds is 1. The molecule has 1 saturated carbocycles. The Labute approximate surface area is 114 Å². The molecule has 1 fully saturated rings. The molecule has 0 unspecified atom stereocenters. The van der Waals surface area contributed by atoms with Crippen LogP contribution >= 0.6 is 0 Å². The first-order valence-corrected chi connectivity index (χ1v) is 6.87. The van der Waals surface area contributed by atoms with Crippen molar-refractivity contribution in [2.45, 2.75) is 64.0 Å². The van der Waals surface area contributed by atoms with E-state index in [0.717, 1.165) is 31.4 Å². The minimum atomic E-state index is -0.507. The molecule has 0 saturated heterocycles. The number of carbonyl (C=O) groups is 1. The lowest BCUT2D eigenvalue weighted by atomic mass is 9.80. The van der Waals surface area contributed by atoms with E-state index in [2.05, 4.69) is 4.98 Å². The summed E-state index contributed by atoms with van der Waals surface area (Å²) in [6.45, 7) is 5.52. The van der Waals surface area contributed by atoms with Crippen molar-refractivity contribution in [3.8, 4) is 0 Å². The van der Waals surface area contributed by atoms with Gasteiger partial charge in [0.1, 0.15) is 11.9 Å². The number of hydrogen-bond acceptors (Lipinski definition) is 4. The topological polar surface area (TPSA) is 70.1 Å². The van der Waals surface area contributed by atoms with E-state index < -0.39 is 11.7 Å². The highest BCUT2D eigenvalue weighted by Gasteiger charge is 2.32. The summed E-state index contributed by atoms with van der Waals surface area (Å²) < 4.78 is 6.68. The Balaban J connectivity index is 2.12. The average Bonchev–Trinajstić information content (AvgIpc) is 2.77. The van der Waals surface area contributed by atoms with Crippen molar-refractivity contribution in [2.75, 3.05) is 0 Å². The molecule has 2 N–H and O–H groups in total. The van der Waals surface area contributed by atoms with Gasteiger partial charge in [-0.3, -0.25) is 0 Å². The highest BCUT2D eigenvalue weighted by molar-refractivity contribution is 5.70. The second kappa shape index (κ2) is 4.96. The van der Waals surface area contributed by atoms with E-state index in [9.17, 15) is 4.79 Å². The summed E-state index contributed by atoms with van der Waals surface area (Å²) >= 11 is 0. The predicted octanol–water partition coefficient (Wildman–Crippen LogP) is 2.78. The van der Waals surface area contributed by atoms with Crippen LogP contribution in [0.25, 0.3) is 0 Å². The van der Waals surface area contributed by atoms with E-state index in [1.807, 2.05) is 20.8 Å². The molecule has 0 amide bonds. The molecule has 0 bridgehead atoms. The molecule has 5 nitrogen and oxygen atoms in total. The number of nitrogens with zero attached hydrogens (tertiary/aromatic N) is 2. The zero-order valence-corrected chi connectivity index (χ0v) is 12.0. The van der Waals surface area contributed by atoms with Gasteiger partial charge in [-0.05, 0) is 33.6 Å². The van der Waals surface area contributed by atoms with Crippen LogP contribution in [0.3, 0.4) is 0 Å². The van der Waals surface area contributed by atoms with Crippen LogP contribution in [0, 0.1) is 0 Å². The lowest BCUT2D eigenvalue weighted by molar-refractivity contribution is 0.0536. The van der Waals surface area contributed by atoms with E-state index in [0.29, 0.717) is 0 Å². The lowest BCUT2D eigenvalue weighted by Crippen LogP contribution is -2.39. The molecule has 1 heterocycles. The van der Waals surface area contributed by atoms with Gasteiger partial charge in [0.05, 0.1) is 11.2 Å². The summed E-state index contributed by atoms with van der Waals surface area (Å²) in [5, 5.41) is 0. The molecule has 2 rings (SSSR count). The maximum Gasteiger partial charge on any atom is 0.419 e. The van der Waals surface area contributed by atoms with Crippen LogP contribution in [0.2, 0.25) is 0 Å². The first kappa shape index (κ1) is 14.1. The summed E-state index contributed by atoms with van der Waals surface area (Å²) in [5.74, 6) is 0. The molecule has 1 aromatic heterocycles. The SMILES string of the molecule is CC(C)(C)OC(=O)n1cnc(C2(N)CCCCC2)c1. The van der Waals surface area contributed by atoms with Gasteiger partial charge in [-0.2, -0.15) is 0 Å². The molecule has 1 aliphatic carbocycles. The molecular weight excluding hydrogens is 242 g/mol. The smallest absolute Gasteiger partial charge is 0.419 e. The molecule has 0 aliphatic heterocycles. The molecule has 1 aliphatic rings. The Kier molecular flexibility index (Phi) is 3.67. The van der Waals surface area contributed by atoms with E-state index in [4.69, 9.17) is 10.5 Å². The normalized spacial score (nSPS) is 19.2. The third-order valence-electron chi connectivity index (χ3n) is 3.44. The average molecular weight is 265 g/mol. The van der Waals surface area contributed by atoms with Crippen LogP contribution in [-0.4, -0.2) is 21.2 Å². The number of carbonyl (C=O) groups excluding carboxylic acids is 1. The summed E-state index contributed by atoms with van der Waals surface area (Å²) in [5.41, 5.74) is 6.29. The Hall–Kier alpha value is -1.36. The second-order valence-electron chi connectivity index (χ2n) is 6.36. The maximum absolute atomic E-state index is 11.9.